The van der Waals surface area contributed by atoms with E-state index in [2.05, 4.69) is 0 Å². The number of benzene rings is 2. The molecule has 0 saturated carbocycles. The van der Waals surface area contributed by atoms with Gasteiger partial charge in [-0.15, -0.1) is 0 Å². The van der Waals surface area contributed by atoms with Crippen LogP contribution in [0.15, 0.2) is 36.4 Å². The molecule has 31 heavy (non-hydrogen) atoms. The summed E-state index contributed by atoms with van der Waals surface area (Å²) < 4.78 is 46.3. The lowest BCUT2D eigenvalue weighted by Gasteiger charge is -2.38. The Bertz CT molecular complexity index is 944. The van der Waals surface area contributed by atoms with Gasteiger partial charge in [-0.25, -0.2) is 0 Å². The van der Waals surface area contributed by atoms with Gasteiger partial charge in [0.25, 0.3) is 0 Å². The van der Waals surface area contributed by atoms with Gasteiger partial charge in [0.2, 0.25) is 0 Å². The third kappa shape index (κ3) is 5.45. The molecule has 168 valence electrons. The Kier molecular flexibility index (Phi) is 7.39. The zero-order valence-corrected chi connectivity index (χ0v) is 18.3. The molecule has 1 heterocycles. The van der Waals surface area contributed by atoms with Crippen molar-refractivity contribution in [1.82, 2.24) is 4.90 Å². The van der Waals surface area contributed by atoms with Crippen LogP contribution in [0.4, 0.5) is 13.2 Å². The minimum atomic E-state index is -4.61. The molecule has 0 amide bonds. The van der Waals surface area contributed by atoms with Crippen LogP contribution in [-0.2, 0) is 11.0 Å². The number of halogens is 5. The Balaban J connectivity index is 2.11. The second-order valence-electron chi connectivity index (χ2n) is 7.40. The van der Waals surface area contributed by atoms with E-state index in [1.54, 1.807) is 24.3 Å². The first-order valence-corrected chi connectivity index (χ1v) is 10.6. The van der Waals surface area contributed by atoms with E-state index in [9.17, 15) is 23.1 Å². The zero-order valence-electron chi connectivity index (χ0n) is 16.8. The molecule has 0 radical (unpaired) electrons. The molecule has 9 heteroatoms. The minimum Gasteiger partial charge on any atom is -0.494 e. The van der Waals surface area contributed by atoms with Crippen molar-refractivity contribution in [3.8, 4) is 5.75 Å². The number of hydrogen-bond donors (Lipinski definition) is 1. The van der Waals surface area contributed by atoms with Crippen molar-refractivity contribution >= 4 is 29.2 Å². The van der Waals surface area contributed by atoms with Crippen LogP contribution in [0.3, 0.4) is 0 Å². The third-order valence-corrected chi connectivity index (χ3v) is 5.99. The summed E-state index contributed by atoms with van der Waals surface area (Å²) in [6.45, 7) is 3.00. The molecule has 1 atom stereocenters. The first-order chi connectivity index (χ1) is 14.6. The number of carbonyl (C=O) groups is 1. The maximum absolute atomic E-state index is 13.5. The molecule has 2 aromatic rings. The average molecular weight is 476 g/mol. The Morgan fingerprint density at radius 3 is 2.45 bits per heavy atom. The summed E-state index contributed by atoms with van der Waals surface area (Å²) in [6, 6.07) is 8.28. The summed E-state index contributed by atoms with van der Waals surface area (Å²) in [5.41, 5.74) is 0.0874. The second-order valence-corrected chi connectivity index (χ2v) is 8.25. The highest BCUT2D eigenvalue weighted by Gasteiger charge is 2.36. The van der Waals surface area contributed by atoms with E-state index in [-0.39, 0.29) is 5.02 Å². The third-order valence-electron chi connectivity index (χ3n) is 5.42. The van der Waals surface area contributed by atoms with Gasteiger partial charge in [-0.1, -0.05) is 29.3 Å². The molecule has 1 saturated heterocycles. The average Bonchev–Trinajstić information content (AvgIpc) is 2.71. The summed E-state index contributed by atoms with van der Waals surface area (Å²) >= 11 is 12.1. The van der Waals surface area contributed by atoms with Crippen molar-refractivity contribution in [1.29, 1.82) is 0 Å². The maximum Gasteiger partial charge on any atom is 0.417 e. The number of piperidine rings is 1. The van der Waals surface area contributed by atoms with E-state index in [1.807, 2.05) is 11.8 Å². The highest BCUT2D eigenvalue weighted by molar-refractivity contribution is 6.31. The van der Waals surface area contributed by atoms with Gasteiger partial charge < -0.3 is 9.84 Å². The van der Waals surface area contributed by atoms with Crippen LogP contribution >= 0.6 is 23.2 Å². The number of aliphatic carboxylic acids is 1. The lowest BCUT2D eigenvalue weighted by atomic mass is 9.90. The summed E-state index contributed by atoms with van der Waals surface area (Å²) in [6.07, 6.45) is -3.81. The molecule has 1 aliphatic rings. The van der Waals surface area contributed by atoms with Crippen molar-refractivity contribution in [2.45, 2.75) is 32.0 Å². The highest BCUT2D eigenvalue weighted by atomic mass is 35.5. The summed E-state index contributed by atoms with van der Waals surface area (Å²) in [4.78, 5) is 13.3. The molecule has 1 fully saturated rings. The largest absolute Gasteiger partial charge is 0.494 e. The van der Waals surface area contributed by atoms with Crippen LogP contribution in [0.1, 0.15) is 42.5 Å². The molecule has 3 rings (SSSR count). The Morgan fingerprint density at radius 2 is 1.87 bits per heavy atom. The van der Waals surface area contributed by atoms with Gasteiger partial charge in [-0.3, -0.25) is 9.69 Å². The number of carboxylic acids is 1. The second kappa shape index (κ2) is 9.67. The highest BCUT2D eigenvalue weighted by Crippen LogP contribution is 2.42. The summed E-state index contributed by atoms with van der Waals surface area (Å²) in [5, 5.41) is 9.35. The predicted molar refractivity (Wildman–Crippen MR) is 113 cm³/mol. The van der Waals surface area contributed by atoms with Gasteiger partial charge >= 0.3 is 12.1 Å². The quantitative estimate of drug-likeness (QED) is 0.532. The number of rotatable bonds is 6. The summed E-state index contributed by atoms with van der Waals surface area (Å²) in [5.74, 6) is -0.820. The van der Waals surface area contributed by atoms with Crippen LogP contribution < -0.4 is 4.74 Å². The van der Waals surface area contributed by atoms with E-state index in [0.29, 0.717) is 54.4 Å². The standard InChI is InChI=1S/C22H22Cl2F3NO3/c1-2-31-19-6-4-15(23)12-16(19)20(28-9-7-13(8-10-28)21(29)30)14-3-5-18(24)17(11-14)22(25,26)27/h3-6,11-13,20H,2,7-10H2,1H3,(H,29,30). The summed E-state index contributed by atoms with van der Waals surface area (Å²) in [7, 11) is 0. The number of likely N-dealkylation sites (tertiary alicyclic amines) is 1. The van der Waals surface area contributed by atoms with Crippen molar-refractivity contribution in [3.05, 3.63) is 63.1 Å². The van der Waals surface area contributed by atoms with Crippen LogP contribution in [0, 0.1) is 5.92 Å². The molecular weight excluding hydrogens is 454 g/mol. The van der Waals surface area contributed by atoms with Crippen molar-refractivity contribution in [2.75, 3.05) is 19.7 Å². The van der Waals surface area contributed by atoms with E-state index < -0.39 is 29.7 Å². The molecule has 0 bridgehead atoms. The molecule has 2 aromatic carbocycles. The number of nitrogens with zero attached hydrogens (tertiary/aromatic N) is 1. The van der Waals surface area contributed by atoms with Gasteiger partial charge in [-0.2, -0.15) is 13.2 Å². The number of hydrogen-bond acceptors (Lipinski definition) is 3. The molecule has 0 aromatic heterocycles. The molecule has 0 aliphatic carbocycles. The van der Waals surface area contributed by atoms with E-state index in [1.165, 1.54) is 6.07 Å². The number of ether oxygens (including phenoxy) is 1. The predicted octanol–water partition coefficient (Wildman–Crippen LogP) is 6.30. The van der Waals surface area contributed by atoms with E-state index >= 15 is 0 Å². The Labute approximate surface area is 188 Å². The minimum absolute atomic E-state index is 0.372. The van der Waals surface area contributed by atoms with Gasteiger partial charge in [0.1, 0.15) is 5.75 Å². The molecule has 1 aliphatic heterocycles. The fourth-order valence-corrected chi connectivity index (χ4v) is 4.35. The van der Waals surface area contributed by atoms with Crippen LogP contribution in [0.25, 0.3) is 0 Å². The molecule has 4 nitrogen and oxygen atoms in total. The van der Waals surface area contributed by atoms with Crippen molar-refractivity contribution in [3.63, 3.8) is 0 Å². The lowest BCUT2D eigenvalue weighted by molar-refractivity contribution is -0.143. The monoisotopic (exact) mass is 475 g/mol. The number of carboxylic acid groups (broad SMARTS) is 1. The van der Waals surface area contributed by atoms with Gasteiger partial charge in [0.15, 0.2) is 0 Å². The Morgan fingerprint density at radius 1 is 1.19 bits per heavy atom. The molecule has 1 N–H and O–H groups in total. The van der Waals surface area contributed by atoms with Crippen molar-refractivity contribution in [2.24, 2.45) is 5.92 Å². The van der Waals surface area contributed by atoms with Crippen LogP contribution in [-0.4, -0.2) is 35.7 Å². The first kappa shape index (κ1) is 23.7. The topological polar surface area (TPSA) is 49.8 Å². The Hall–Kier alpha value is -1.96. The van der Waals surface area contributed by atoms with Gasteiger partial charge in [0, 0.05) is 10.6 Å². The smallest absolute Gasteiger partial charge is 0.417 e. The van der Waals surface area contributed by atoms with Crippen LogP contribution in [0.5, 0.6) is 5.75 Å². The number of alkyl halides is 3. The van der Waals surface area contributed by atoms with Gasteiger partial charge in [0.05, 0.1) is 29.2 Å². The fraction of sp³-hybridized carbons (Fsp3) is 0.409. The molecular formula is C22H22Cl2F3NO3. The van der Waals surface area contributed by atoms with Crippen molar-refractivity contribution < 1.29 is 27.8 Å². The zero-order chi connectivity index (χ0) is 22.8. The fourth-order valence-electron chi connectivity index (χ4n) is 3.94. The van der Waals surface area contributed by atoms with E-state index in [4.69, 9.17) is 27.9 Å². The lowest BCUT2D eigenvalue weighted by Crippen LogP contribution is -2.39. The van der Waals surface area contributed by atoms with E-state index in [0.717, 1.165) is 6.07 Å². The van der Waals surface area contributed by atoms with Gasteiger partial charge in [-0.05, 0) is 68.8 Å². The molecule has 0 spiro atoms. The first-order valence-electron chi connectivity index (χ1n) is 9.87. The SMILES string of the molecule is CCOc1ccc(Cl)cc1C(c1ccc(Cl)c(C(F)(F)F)c1)N1CCC(C(=O)O)CC1. The normalized spacial score (nSPS) is 16.8. The van der Waals surface area contributed by atoms with Crippen LogP contribution in [0.2, 0.25) is 10.0 Å². The maximum atomic E-state index is 13.5. The molecule has 1 unspecified atom stereocenters.